The molecule has 0 aliphatic heterocycles. The fourth-order valence-electron chi connectivity index (χ4n) is 4.76. The Morgan fingerprint density at radius 1 is 0.788 bits per heavy atom. The number of esters is 2. The summed E-state index contributed by atoms with van der Waals surface area (Å²) in [7, 11) is 0. The van der Waals surface area contributed by atoms with Gasteiger partial charge in [-0.2, -0.15) is 0 Å². The molecule has 0 heterocycles. The SMILES string of the molecule is CCCCCCC(=O)Oc1c2c(c(OC(=O)CCCCCC)c3ccccc13)CC(C)CC2. The van der Waals surface area contributed by atoms with E-state index in [2.05, 4.69) is 20.8 Å². The summed E-state index contributed by atoms with van der Waals surface area (Å²) in [6, 6.07) is 7.87. The molecule has 0 N–H and O–H groups in total. The summed E-state index contributed by atoms with van der Waals surface area (Å²) < 4.78 is 12.0. The Bertz CT molecular complexity index is 946. The van der Waals surface area contributed by atoms with Gasteiger partial charge in [0, 0.05) is 34.7 Å². The van der Waals surface area contributed by atoms with E-state index in [9.17, 15) is 9.59 Å². The molecule has 0 saturated carbocycles. The number of hydrogen-bond donors (Lipinski definition) is 0. The maximum absolute atomic E-state index is 12.7. The predicted octanol–water partition coefficient (Wildman–Crippen LogP) is 7.72. The summed E-state index contributed by atoms with van der Waals surface area (Å²) in [5.41, 5.74) is 2.09. The molecule has 0 fully saturated rings. The van der Waals surface area contributed by atoms with Crippen molar-refractivity contribution < 1.29 is 19.1 Å². The molecular weight excluding hydrogens is 412 g/mol. The van der Waals surface area contributed by atoms with Crippen LogP contribution in [-0.4, -0.2) is 11.9 Å². The average molecular weight is 453 g/mol. The van der Waals surface area contributed by atoms with Crippen molar-refractivity contribution in [1.82, 2.24) is 0 Å². The highest BCUT2D eigenvalue weighted by Gasteiger charge is 2.28. The van der Waals surface area contributed by atoms with Crippen LogP contribution in [0.3, 0.4) is 0 Å². The number of ether oxygens (including phenoxy) is 2. The van der Waals surface area contributed by atoms with E-state index in [0.717, 1.165) is 92.5 Å². The van der Waals surface area contributed by atoms with Crippen molar-refractivity contribution in [2.75, 3.05) is 0 Å². The first-order valence-electron chi connectivity index (χ1n) is 13.0. The van der Waals surface area contributed by atoms with Crippen LogP contribution in [-0.2, 0) is 22.4 Å². The summed E-state index contributed by atoms with van der Waals surface area (Å²) in [6.45, 7) is 6.56. The van der Waals surface area contributed by atoms with Gasteiger partial charge < -0.3 is 9.47 Å². The van der Waals surface area contributed by atoms with Crippen LogP contribution in [0.1, 0.15) is 103 Å². The molecule has 4 heteroatoms. The molecule has 4 nitrogen and oxygen atoms in total. The molecule has 0 aromatic heterocycles. The van der Waals surface area contributed by atoms with E-state index in [1.54, 1.807) is 0 Å². The predicted molar refractivity (Wildman–Crippen MR) is 134 cm³/mol. The Morgan fingerprint density at radius 2 is 1.30 bits per heavy atom. The largest absolute Gasteiger partial charge is 0.426 e. The zero-order valence-electron chi connectivity index (χ0n) is 20.7. The van der Waals surface area contributed by atoms with Crippen molar-refractivity contribution >= 4 is 22.7 Å². The van der Waals surface area contributed by atoms with Crippen molar-refractivity contribution in [3.05, 3.63) is 35.4 Å². The highest BCUT2D eigenvalue weighted by Crippen LogP contribution is 2.45. The van der Waals surface area contributed by atoms with E-state index in [0.29, 0.717) is 30.3 Å². The van der Waals surface area contributed by atoms with Gasteiger partial charge in [0.25, 0.3) is 0 Å². The Hall–Kier alpha value is -2.36. The summed E-state index contributed by atoms with van der Waals surface area (Å²) >= 11 is 0. The van der Waals surface area contributed by atoms with E-state index in [1.807, 2.05) is 24.3 Å². The minimum Gasteiger partial charge on any atom is -0.426 e. The van der Waals surface area contributed by atoms with Gasteiger partial charge in [-0.1, -0.05) is 83.6 Å². The van der Waals surface area contributed by atoms with Crippen molar-refractivity contribution in [2.45, 2.75) is 104 Å². The average Bonchev–Trinajstić information content (AvgIpc) is 2.81. The van der Waals surface area contributed by atoms with Crippen LogP contribution in [0.25, 0.3) is 10.8 Å². The highest BCUT2D eigenvalue weighted by molar-refractivity contribution is 5.99. The van der Waals surface area contributed by atoms with Crippen LogP contribution >= 0.6 is 0 Å². The molecule has 0 bridgehead atoms. The Balaban J connectivity index is 1.91. The number of hydrogen-bond acceptors (Lipinski definition) is 4. The van der Waals surface area contributed by atoms with Crippen LogP contribution in [0.4, 0.5) is 0 Å². The molecule has 1 aliphatic carbocycles. The maximum atomic E-state index is 12.7. The first-order chi connectivity index (χ1) is 16.0. The Labute approximate surface area is 199 Å². The fraction of sp³-hybridized carbons (Fsp3) is 0.586. The van der Waals surface area contributed by atoms with Crippen molar-refractivity contribution in [1.29, 1.82) is 0 Å². The van der Waals surface area contributed by atoms with Crippen molar-refractivity contribution in [3.8, 4) is 11.5 Å². The molecule has 2 aromatic rings. The van der Waals surface area contributed by atoms with Gasteiger partial charge in [-0.05, 0) is 38.0 Å². The number of carbonyl (C=O) groups excluding carboxylic acids is 2. The monoisotopic (exact) mass is 452 g/mol. The first-order valence-corrected chi connectivity index (χ1v) is 13.0. The summed E-state index contributed by atoms with van der Waals surface area (Å²) in [5.74, 6) is 1.51. The van der Waals surface area contributed by atoms with E-state index >= 15 is 0 Å². The van der Waals surface area contributed by atoms with Gasteiger partial charge in [0.05, 0.1) is 0 Å². The summed E-state index contributed by atoms with van der Waals surface area (Å²) in [4.78, 5) is 25.4. The third-order valence-corrected chi connectivity index (χ3v) is 6.67. The van der Waals surface area contributed by atoms with Gasteiger partial charge in [-0.25, -0.2) is 0 Å². The molecule has 1 atom stereocenters. The van der Waals surface area contributed by atoms with Crippen molar-refractivity contribution in [2.24, 2.45) is 5.92 Å². The Morgan fingerprint density at radius 3 is 1.82 bits per heavy atom. The van der Waals surface area contributed by atoms with Gasteiger partial charge in [-0.3, -0.25) is 9.59 Å². The van der Waals surface area contributed by atoms with Gasteiger partial charge in [-0.15, -0.1) is 0 Å². The molecule has 1 unspecified atom stereocenters. The highest BCUT2D eigenvalue weighted by atomic mass is 16.5. The lowest BCUT2D eigenvalue weighted by molar-refractivity contribution is -0.135. The van der Waals surface area contributed by atoms with Crippen LogP contribution in [0.15, 0.2) is 24.3 Å². The number of rotatable bonds is 12. The lowest BCUT2D eigenvalue weighted by atomic mass is 9.82. The van der Waals surface area contributed by atoms with Crippen LogP contribution in [0.5, 0.6) is 11.5 Å². The second-order valence-corrected chi connectivity index (χ2v) is 9.58. The van der Waals surface area contributed by atoms with E-state index < -0.39 is 0 Å². The second kappa shape index (κ2) is 12.8. The standard InChI is InChI=1S/C29H40O4/c1-4-6-8-10-16-26(30)32-28-22-14-12-13-15-23(22)29(25-20-21(3)18-19-24(25)28)33-27(31)17-11-9-7-5-2/h12-15,21H,4-11,16-20H2,1-3H3. The third kappa shape index (κ3) is 6.82. The molecule has 0 radical (unpaired) electrons. The van der Waals surface area contributed by atoms with Gasteiger partial charge >= 0.3 is 11.9 Å². The van der Waals surface area contributed by atoms with Gasteiger partial charge in [0.1, 0.15) is 11.5 Å². The minimum absolute atomic E-state index is 0.169. The third-order valence-electron chi connectivity index (χ3n) is 6.67. The molecule has 33 heavy (non-hydrogen) atoms. The molecule has 2 aromatic carbocycles. The lowest BCUT2D eigenvalue weighted by Gasteiger charge is -2.27. The molecule has 0 spiro atoms. The van der Waals surface area contributed by atoms with Crippen LogP contribution in [0, 0.1) is 5.92 Å². The quantitative estimate of drug-likeness (QED) is 0.188. The summed E-state index contributed by atoms with van der Waals surface area (Å²) in [6.07, 6.45) is 12.0. The second-order valence-electron chi connectivity index (χ2n) is 9.58. The number of unbranched alkanes of at least 4 members (excludes halogenated alkanes) is 6. The molecular formula is C29H40O4. The number of carbonyl (C=O) groups is 2. The number of fused-ring (bicyclic) bond motifs is 2. The molecule has 0 amide bonds. The number of benzene rings is 2. The zero-order valence-corrected chi connectivity index (χ0v) is 20.7. The van der Waals surface area contributed by atoms with E-state index in [4.69, 9.17) is 9.47 Å². The van der Waals surface area contributed by atoms with Crippen molar-refractivity contribution in [3.63, 3.8) is 0 Å². The molecule has 1 aliphatic rings. The van der Waals surface area contributed by atoms with Crippen LogP contribution < -0.4 is 9.47 Å². The van der Waals surface area contributed by atoms with E-state index in [-0.39, 0.29) is 11.9 Å². The van der Waals surface area contributed by atoms with E-state index in [1.165, 1.54) is 0 Å². The Kier molecular flexibility index (Phi) is 9.77. The lowest BCUT2D eigenvalue weighted by Crippen LogP contribution is -2.19. The van der Waals surface area contributed by atoms with Gasteiger partial charge in [0.15, 0.2) is 0 Å². The maximum Gasteiger partial charge on any atom is 0.311 e. The smallest absolute Gasteiger partial charge is 0.311 e. The molecule has 180 valence electrons. The fourth-order valence-corrected chi connectivity index (χ4v) is 4.76. The minimum atomic E-state index is -0.169. The van der Waals surface area contributed by atoms with Crippen LogP contribution in [0.2, 0.25) is 0 Å². The first kappa shape index (κ1) is 25.3. The topological polar surface area (TPSA) is 52.6 Å². The van der Waals surface area contributed by atoms with Gasteiger partial charge in [0.2, 0.25) is 0 Å². The molecule has 3 rings (SSSR count). The summed E-state index contributed by atoms with van der Waals surface area (Å²) in [5, 5.41) is 1.72. The zero-order chi connectivity index (χ0) is 23.6. The normalized spacial score (nSPS) is 15.3. The molecule has 0 saturated heterocycles.